The molecule has 0 fully saturated rings. The van der Waals surface area contributed by atoms with Gasteiger partial charge in [-0.25, -0.2) is 0 Å². The molecule has 4 aromatic rings. The van der Waals surface area contributed by atoms with Crippen LogP contribution in [0, 0.1) is 9.49 Å². The molecular weight excluding hydrogens is 659 g/mol. The Kier molecular flexibility index (Phi) is 9.35. The first-order valence-electron chi connectivity index (χ1n) is 14.1. The summed E-state index contributed by atoms with van der Waals surface area (Å²) < 4.78 is 1.05. The third-order valence-electron chi connectivity index (χ3n) is 7.96. The van der Waals surface area contributed by atoms with Gasteiger partial charge >= 0.3 is 0 Å². The number of hydrogen-bond donors (Lipinski definition) is 2. The molecule has 1 aliphatic rings. The average molecular weight is 693 g/mol. The lowest BCUT2D eigenvalue weighted by atomic mass is 9.63. The number of fused-ring (bicyclic) bond motifs is 1. The third-order valence-corrected chi connectivity index (χ3v) is 9.38. The molecule has 1 heterocycles. The van der Waals surface area contributed by atoms with Gasteiger partial charge in [-0.15, -0.1) is 0 Å². The van der Waals surface area contributed by atoms with Crippen molar-refractivity contribution in [3.63, 3.8) is 0 Å². The molecule has 1 aliphatic heterocycles. The second kappa shape index (κ2) is 13.0. The Morgan fingerprint density at radius 2 is 1.60 bits per heavy atom. The van der Waals surface area contributed by atoms with Crippen LogP contribution >= 0.6 is 34.2 Å². The lowest BCUT2D eigenvalue weighted by Crippen LogP contribution is -2.60. The van der Waals surface area contributed by atoms with Gasteiger partial charge in [-0.3, -0.25) is 9.59 Å². The van der Waals surface area contributed by atoms with Crippen LogP contribution in [0.15, 0.2) is 97.1 Å². The predicted octanol–water partition coefficient (Wildman–Crippen LogP) is 7.09. The fraction of sp³-hybridized carbons (Fsp3) is 0.257. The average Bonchev–Trinajstić information content (AvgIpc) is 3.00. The van der Waals surface area contributed by atoms with Crippen molar-refractivity contribution < 1.29 is 14.7 Å². The van der Waals surface area contributed by atoms with Gasteiger partial charge in [0.15, 0.2) is 0 Å². The van der Waals surface area contributed by atoms with Crippen LogP contribution in [0.3, 0.4) is 0 Å². The number of nitrogens with one attached hydrogen (secondary N) is 1. The summed E-state index contributed by atoms with van der Waals surface area (Å²) in [6.45, 7) is 4.77. The number of hydrogen-bond acceptors (Lipinski definition) is 3. The zero-order valence-corrected chi connectivity index (χ0v) is 26.6. The van der Waals surface area contributed by atoms with Crippen molar-refractivity contribution in [1.29, 1.82) is 0 Å². The van der Waals surface area contributed by atoms with E-state index < -0.39 is 11.5 Å². The first-order chi connectivity index (χ1) is 20.3. The molecular formula is C35H34ClIN2O3. The number of nitrogens with zero attached hydrogens (tertiary/aromatic N) is 1. The second-order valence-corrected chi connectivity index (χ2v) is 12.8. The van der Waals surface area contributed by atoms with Crippen LogP contribution in [-0.4, -0.2) is 28.4 Å². The van der Waals surface area contributed by atoms with Gasteiger partial charge in [0.2, 0.25) is 5.91 Å². The molecule has 5 nitrogen and oxygen atoms in total. The number of rotatable bonds is 9. The molecule has 5 rings (SSSR count). The first kappa shape index (κ1) is 30.3. The molecule has 0 saturated carbocycles. The number of halogens is 2. The molecule has 0 spiro atoms. The molecule has 2 atom stereocenters. The molecule has 216 valence electrons. The Labute approximate surface area is 266 Å². The second-order valence-electron chi connectivity index (χ2n) is 11.2. The minimum Gasteiger partial charge on any atom is -0.392 e. The molecule has 2 N–H and O–H groups in total. The highest BCUT2D eigenvalue weighted by atomic mass is 127. The molecule has 7 heteroatoms. The summed E-state index contributed by atoms with van der Waals surface area (Å²) in [6.07, 6.45) is 0.381. The number of amides is 2. The van der Waals surface area contributed by atoms with Crippen molar-refractivity contribution in [2.75, 3.05) is 6.54 Å². The van der Waals surface area contributed by atoms with Crippen molar-refractivity contribution in [2.45, 2.75) is 44.9 Å². The Balaban J connectivity index is 1.82. The van der Waals surface area contributed by atoms with Crippen molar-refractivity contribution in [3.05, 3.63) is 139 Å². The summed E-state index contributed by atoms with van der Waals surface area (Å²) in [4.78, 5) is 31.1. The third kappa shape index (κ3) is 5.85. The van der Waals surface area contributed by atoms with E-state index in [-0.39, 0.29) is 30.9 Å². The molecule has 0 bridgehead atoms. The monoisotopic (exact) mass is 692 g/mol. The molecule has 0 saturated heterocycles. The number of carbonyl (C=O) groups is 2. The van der Waals surface area contributed by atoms with Crippen LogP contribution in [-0.2, 0) is 29.8 Å². The van der Waals surface area contributed by atoms with E-state index in [1.807, 2.05) is 95.9 Å². The van der Waals surface area contributed by atoms with E-state index in [2.05, 4.69) is 47.8 Å². The Hall–Kier alpha value is -3.20. The number of aliphatic hydroxyl groups is 1. The molecule has 0 aromatic heterocycles. The Bertz CT molecular complexity index is 1590. The highest BCUT2D eigenvalue weighted by Gasteiger charge is 2.56. The smallest absolute Gasteiger partial charge is 0.255 e. The lowest BCUT2D eigenvalue weighted by Gasteiger charge is -2.50. The van der Waals surface area contributed by atoms with Gasteiger partial charge in [0.05, 0.1) is 12.6 Å². The fourth-order valence-electron chi connectivity index (χ4n) is 5.90. The van der Waals surface area contributed by atoms with Gasteiger partial charge in [-0.2, -0.15) is 0 Å². The fourth-order valence-corrected chi connectivity index (χ4v) is 6.68. The van der Waals surface area contributed by atoms with E-state index in [0.29, 0.717) is 29.1 Å². The lowest BCUT2D eigenvalue weighted by molar-refractivity contribution is -0.130. The van der Waals surface area contributed by atoms with Crippen molar-refractivity contribution >= 4 is 46.0 Å². The summed E-state index contributed by atoms with van der Waals surface area (Å²) in [5, 5.41) is 13.6. The molecule has 0 radical (unpaired) electrons. The predicted molar refractivity (Wildman–Crippen MR) is 175 cm³/mol. The Morgan fingerprint density at radius 1 is 0.952 bits per heavy atom. The van der Waals surface area contributed by atoms with E-state index in [9.17, 15) is 14.7 Å². The van der Waals surface area contributed by atoms with E-state index in [1.165, 1.54) is 0 Å². The summed E-state index contributed by atoms with van der Waals surface area (Å²) in [5.41, 5.74) is 3.45. The van der Waals surface area contributed by atoms with E-state index >= 15 is 0 Å². The van der Waals surface area contributed by atoms with E-state index in [0.717, 1.165) is 25.8 Å². The topological polar surface area (TPSA) is 69.6 Å². The highest BCUT2D eigenvalue weighted by Crippen LogP contribution is 2.50. The van der Waals surface area contributed by atoms with Gasteiger partial charge in [-0.05, 0) is 80.9 Å². The maximum Gasteiger partial charge on any atom is 0.255 e. The Morgan fingerprint density at radius 3 is 2.26 bits per heavy atom. The van der Waals surface area contributed by atoms with E-state index in [4.69, 9.17) is 11.6 Å². The normalized spacial score (nSPS) is 18.2. The molecule has 42 heavy (non-hydrogen) atoms. The van der Waals surface area contributed by atoms with Gasteiger partial charge < -0.3 is 15.3 Å². The number of aliphatic hydroxyl groups excluding tert-OH is 1. The SMILES string of the molecule is CC(C)CNC(=O)[C@@]1(Cc2ccccc2I)c2ccccc2C(=O)N(Cc2ccccc2Cl)[C@H]1c1ccc(CO)cc1. The van der Waals surface area contributed by atoms with Crippen molar-refractivity contribution in [3.8, 4) is 0 Å². The quantitative estimate of drug-likeness (QED) is 0.184. The highest BCUT2D eigenvalue weighted by molar-refractivity contribution is 14.1. The van der Waals surface area contributed by atoms with Crippen LogP contribution < -0.4 is 5.32 Å². The summed E-state index contributed by atoms with van der Waals surface area (Å²) in [5.74, 6) is -0.0437. The van der Waals surface area contributed by atoms with Gasteiger partial charge in [0, 0.05) is 27.2 Å². The number of benzene rings is 4. The minimum absolute atomic E-state index is 0.0989. The van der Waals surface area contributed by atoms with Crippen LogP contribution in [0.5, 0.6) is 0 Å². The minimum atomic E-state index is -1.16. The van der Waals surface area contributed by atoms with Crippen LogP contribution in [0.2, 0.25) is 5.02 Å². The van der Waals surface area contributed by atoms with Crippen LogP contribution in [0.25, 0.3) is 0 Å². The van der Waals surface area contributed by atoms with Gasteiger partial charge in [0.1, 0.15) is 5.41 Å². The molecule has 0 unspecified atom stereocenters. The van der Waals surface area contributed by atoms with Crippen molar-refractivity contribution in [2.24, 2.45) is 5.92 Å². The first-order valence-corrected chi connectivity index (χ1v) is 15.6. The zero-order valence-electron chi connectivity index (χ0n) is 23.7. The molecule has 2 amide bonds. The maximum atomic E-state index is 14.9. The van der Waals surface area contributed by atoms with Crippen LogP contribution in [0.1, 0.15) is 58.1 Å². The van der Waals surface area contributed by atoms with Crippen LogP contribution in [0.4, 0.5) is 0 Å². The largest absolute Gasteiger partial charge is 0.392 e. The van der Waals surface area contributed by atoms with E-state index in [1.54, 1.807) is 0 Å². The standard InChI is InChI=1S/C35H34ClIN2O3/c1-23(2)20-38-34(42)35(19-26-9-4-8-14-31(26)37)29-12-6-5-11-28(29)33(41)39(21-27-10-3-7-13-30(27)36)32(35)25-17-15-24(22-40)16-18-25/h3-18,23,32,40H,19-22H2,1-2H3,(H,38,42)/t32-,35-/m0/s1. The molecule has 0 aliphatic carbocycles. The molecule has 4 aromatic carbocycles. The zero-order chi connectivity index (χ0) is 29.9. The van der Waals surface area contributed by atoms with Gasteiger partial charge in [0.25, 0.3) is 5.91 Å². The number of carbonyl (C=O) groups excluding carboxylic acids is 2. The maximum absolute atomic E-state index is 14.9. The summed E-state index contributed by atoms with van der Waals surface area (Å²) >= 11 is 8.97. The summed E-state index contributed by atoms with van der Waals surface area (Å²) in [6, 6.07) is 30.0. The summed E-state index contributed by atoms with van der Waals surface area (Å²) in [7, 11) is 0. The van der Waals surface area contributed by atoms with Gasteiger partial charge in [-0.1, -0.05) is 104 Å². The van der Waals surface area contributed by atoms with Crippen molar-refractivity contribution in [1.82, 2.24) is 10.2 Å².